The van der Waals surface area contributed by atoms with E-state index in [-0.39, 0.29) is 5.60 Å². The summed E-state index contributed by atoms with van der Waals surface area (Å²) in [6.45, 7) is 3.38. The van der Waals surface area contributed by atoms with Gasteiger partial charge in [0.05, 0.1) is 5.60 Å². The highest BCUT2D eigenvalue weighted by molar-refractivity contribution is 7.86. The smallest absolute Gasteiger partial charge is 0.281 e. The fourth-order valence-electron chi connectivity index (χ4n) is 2.12. The van der Waals surface area contributed by atoms with E-state index < -0.39 is 10.2 Å². The number of hydrogen-bond acceptors (Lipinski definition) is 3. The van der Waals surface area contributed by atoms with Gasteiger partial charge in [0.1, 0.15) is 0 Å². The molecule has 1 aliphatic heterocycles. The number of nitrogens with zero attached hydrogens (tertiary/aromatic N) is 2. The predicted molar refractivity (Wildman–Crippen MR) is 73.1 cm³/mol. The van der Waals surface area contributed by atoms with E-state index in [1.807, 2.05) is 6.92 Å². The van der Waals surface area contributed by atoms with E-state index in [1.54, 1.807) is 14.2 Å². The predicted octanol–water partition coefficient (Wildman–Crippen LogP) is 1.29. The van der Waals surface area contributed by atoms with Crippen LogP contribution in [0.3, 0.4) is 0 Å². The first-order valence-corrected chi connectivity index (χ1v) is 8.11. The molecule has 0 spiro atoms. The van der Waals surface area contributed by atoms with Crippen LogP contribution in [0.2, 0.25) is 0 Å². The Morgan fingerprint density at radius 1 is 1.50 bits per heavy atom. The van der Waals surface area contributed by atoms with Crippen LogP contribution in [-0.2, 0) is 14.9 Å². The summed E-state index contributed by atoms with van der Waals surface area (Å²) in [7, 11) is -0.157. The molecule has 1 rings (SSSR count). The molecule has 1 unspecified atom stereocenters. The minimum Gasteiger partial charge on any atom is -0.377 e. The number of alkyl halides is 1. The quantitative estimate of drug-likeness (QED) is 0.694. The van der Waals surface area contributed by atoms with Gasteiger partial charge in [-0.25, -0.2) is 0 Å². The maximum Gasteiger partial charge on any atom is 0.281 e. The van der Waals surface area contributed by atoms with E-state index in [4.69, 9.17) is 16.3 Å². The second kappa shape index (κ2) is 6.52. The SMILES string of the molecule is COC1(C)CCCN(S(=O)(=O)N(C)CCCCl)C1. The van der Waals surface area contributed by atoms with Gasteiger partial charge >= 0.3 is 0 Å². The van der Waals surface area contributed by atoms with Crippen LogP contribution in [0.5, 0.6) is 0 Å². The van der Waals surface area contributed by atoms with E-state index in [2.05, 4.69) is 0 Å². The fourth-order valence-corrected chi connectivity index (χ4v) is 3.79. The Kier molecular flexibility index (Phi) is 5.86. The summed E-state index contributed by atoms with van der Waals surface area (Å²) in [6.07, 6.45) is 2.38. The molecule has 1 atom stereocenters. The first kappa shape index (κ1) is 16.2. The Labute approximate surface area is 115 Å². The standard InChI is InChI=1S/C11H23ClN2O3S/c1-11(17-3)6-4-9-14(10-11)18(15,16)13(2)8-5-7-12/h4-10H2,1-3H3. The third-order valence-corrected chi connectivity index (χ3v) is 5.65. The van der Waals surface area contributed by atoms with Gasteiger partial charge in [0.15, 0.2) is 0 Å². The molecule has 0 aliphatic carbocycles. The average Bonchev–Trinajstić information content (AvgIpc) is 2.35. The number of piperidine rings is 1. The largest absolute Gasteiger partial charge is 0.377 e. The Morgan fingerprint density at radius 2 is 2.17 bits per heavy atom. The van der Waals surface area contributed by atoms with Crippen molar-refractivity contribution in [3.05, 3.63) is 0 Å². The number of methoxy groups -OCH3 is 1. The molecule has 0 aromatic heterocycles. The van der Waals surface area contributed by atoms with Gasteiger partial charge in [-0.1, -0.05) is 0 Å². The lowest BCUT2D eigenvalue weighted by Crippen LogP contribution is -2.53. The van der Waals surface area contributed by atoms with Crippen molar-refractivity contribution in [1.82, 2.24) is 8.61 Å². The summed E-state index contributed by atoms with van der Waals surface area (Å²) in [6, 6.07) is 0. The molecule has 1 aliphatic rings. The van der Waals surface area contributed by atoms with Crippen LogP contribution >= 0.6 is 11.6 Å². The highest BCUT2D eigenvalue weighted by atomic mass is 35.5. The molecule has 0 amide bonds. The lowest BCUT2D eigenvalue weighted by Gasteiger charge is -2.39. The Bertz CT molecular complexity index is 363. The number of halogens is 1. The topological polar surface area (TPSA) is 49.9 Å². The van der Waals surface area contributed by atoms with Gasteiger partial charge in [-0.3, -0.25) is 0 Å². The molecule has 0 aromatic carbocycles. The molecular formula is C11H23ClN2O3S. The van der Waals surface area contributed by atoms with Gasteiger partial charge in [-0.05, 0) is 26.2 Å². The molecule has 0 radical (unpaired) electrons. The van der Waals surface area contributed by atoms with Gasteiger partial charge in [0.25, 0.3) is 10.2 Å². The fraction of sp³-hybridized carbons (Fsp3) is 1.00. The van der Waals surface area contributed by atoms with Crippen LogP contribution in [-0.4, -0.2) is 62.3 Å². The summed E-state index contributed by atoms with van der Waals surface area (Å²) in [5.74, 6) is 0.468. The van der Waals surface area contributed by atoms with E-state index in [0.29, 0.717) is 31.9 Å². The Hall–Kier alpha value is 0.120. The normalized spacial score (nSPS) is 26.7. The molecule has 0 bridgehead atoms. The molecule has 1 saturated heterocycles. The van der Waals surface area contributed by atoms with E-state index in [0.717, 1.165) is 12.8 Å². The van der Waals surface area contributed by atoms with Gasteiger partial charge in [-0.2, -0.15) is 17.0 Å². The maximum atomic E-state index is 12.3. The van der Waals surface area contributed by atoms with Crippen molar-refractivity contribution in [2.45, 2.75) is 31.8 Å². The summed E-state index contributed by atoms with van der Waals surface area (Å²) >= 11 is 5.59. The summed E-state index contributed by atoms with van der Waals surface area (Å²) in [4.78, 5) is 0. The van der Waals surface area contributed by atoms with Crippen molar-refractivity contribution in [2.24, 2.45) is 0 Å². The third-order valence-electron chi connectivity index (χ3n) is 3.44. The molecule has 0 aromatic rings. The average molecular weight is 299 g/mol. The van der Waals surface area contributed by atoms with Crippen LogP contribution in [0.4, 0.5) is 0 Å². The Balaban J connectivity index is 2.72. The zero-order valence-corrected chi connectivity index (χ0v) is 12.9. The number of hydrogen-bond donors (Lipinski definition) is 0. The van der Waals surface area contributed by atoms with Crippen molar-refractivity contribution >= 4 is 21.8 Å². The molecule has 18 heavy (non-hydrogen) atoms. The number of ether oxygens (including phenoxy) is 1. The second-order valence-electron chi connectivity index (χ2n) is 4.96. The molecular weight excluding hydrogens is 276 g/mol. The van der Waals surface area contributed by atoms with Gasteiger partial charge in [-0.15, -0.1) is 11.6 Å². The van der Waals surface area contributed by atoms with E-state index in [9.17, 15) is 8.42 Å². The van der Waals surface area contributed by atoms with Crippen molar-refractivity contribution in [3.8, 4) is 0 Å². The highest BCUT2D eigenvalue weighted by Crippen LogP contribution is 2.26. The second-order valence-corrected chi connectivity index (χ2v) is 7.38. The lowest BCUT2D eigenvalue weighted by atomic mass is 9.96. The first-order chi connectivity index (χ1) is 8.35. The molecule has 0 N–H and O–H groups in total. The maximum absolute atomic E-state index is 12.3. The summed E-state index contributed by atoms with van der Waals surface area (Å²) in [5, 5.41) is 0. The van der Waals surface area contributed by atoms with Crippen LogP contribution in [0.25, 0.3) is 0 Å². The Morgan fingerprint density at radius 3 is 2.72 bits per heavy atom. The van der Waals surface area contributed by atoms with Crippen molar-refractivity contribution in [2.75, 3.05) is 39.7 Å². The zero-order chi connectivity index (χ0) is 13.8. The first-order valence-electron chi connectivity index (χ1n) is 6.18. The van der Waals surface area contributed by atoms with Gasteiger partial charge < -0.3 is 4.74 Å². The summed E-state index contributed by atoms with van der Waals surface area (Å²) in [5.41, 5.74) is -0.376. The minimum absolute atomic E-state index is 0.376. The van der Waals surface area contributed by atoms with Gasteiger partial charge in [0, 0.05) is 39.7 Å². The molecule has 1 fully saturated rings. The van der Waals surface area contributed by atoms with Gasteiger partial charge in [0.2, 0.25) is 0 Å². The monoisotopic (exact) mass is 298 g/mol. The molecule has 0 saturated carbocycles. The van der Waals surface area contributed by atoms with Crippen LogP contribution in [0.1, 0.15) is 26.2 Å². The minimum atomic E-state index is -3.39. The lowest BCUT2D eigenvalue weighted by molar-refractivity contribution is -0.0328. The number of rotatable bonds is 6. The summed E-state index contributed by atoms with van der Waals surface area (Å²) < 4.78 is 33.0. The van der Waals surface area contributed by atoms with Crippen LogP contribution < -0.4 is 0 Å². The zero-order valence-electron chi connectivity index (χ0n) is 11.4. The van der Waals surface area contributed by atoms with E-state index in [1.165, 1.54) is 8.61 Å². The van der Waals surface area contributed by atoms with Crippen LogP contribution in [0, 0.1) is 0 Å². The van der Waals surface area contributed by atoms with E-state index >= 15 is 0 Å². The molecule has 7 heteroatoms. The van der Waals surface area contributed by atoms with Crippen LogP contribution in [0.15, 0.2) is 0 Å². The van der Waals surface area contributed by atoms with Crippen molar-refractivity contribution in [1.29, 1.82) is 0 Å². The van der Waals surface area contributed by atoms with Crippen molar-refractivity contribution < 1.29 is 13.2 Å². The third kappa shape index (κ3) is 3.81. The molecule has 108 valence electrons. The molecule has 5 nitrogen and oxygen atoms in total. The molecule has 1 heterocycles. The highest BCUT2D eigenvalue weighted by Gasteiger charge is 2.37. The van der Waals surface area contributed by atoms with Crippen molar-refractivity contribution in [3.63, 3.8) is 0 Å².